The highest BCUT2D eigenvalue weighted by molar-refractivity contribution is 6.15. The Morgan fingerprint density at radius 1 is 1.03 bits per heavy atom. The minimum atomic E-state index is -0.567. The number of nitro groups is 1. The number of carbonyl (C=O) groups is 1. The van der Waals surface area contributed by atoms with Gasteiger partial charge in [0.25, 0.3) is 5.69 Å². The maximum atomic E-state index is 14.2. The number of benzene rings is 3. The van der Waals surface area contributed by atoms with E-state index >= 15 is 0 Å². The molecule has 0 aliphatic carbocycles. The van der Waals surface area contributed by atoms with Gasteiger partial charge in [-0.2, -0.15) is 0 Å². The van der Waals surface area contributed by atoms with Gasteiger partial charge in [0.2, 0.25) is 0 Å². The number of aromatic nitrogens is 1. The van der Waals surface area contributed by atoms with E-state index in [1.54, 1.807) is 36.4 Å². The minimum absolute atomic E-state index is 0.00501. The largest absolute Gasteiger partial charge is 0.340 e. The van der Waals surface area contributed by atoms with Gasteiger partial charge in [0, 0.05) is 46.0 Å². The van der Waals surface area contributed by atoms with E-state index in [1.807, 2.05) is 6.07 Å². The lowest BCUT2D eigenvalue weighted by atomic mass is 9.99. The Morgan fingerprint density at radius 2 is 1.73 bits per heavy atom. The first-order valence-corrected chi connectivity index (χ1v) is 11.4. The first-order chi connectivity index (χ1) is 15.9. The van der Waals surface area contributed by atoms with Gasteiger partial charge >= 0.3 is 0 Å². The first-order valence-electron chi connectivity index (χ1n) is 11.4. The number of fused-ring (bicyclic) bond motifs is 3. The second-order valence-electron chi connectivity index (χ2n) is 8.53. The molecule has 4 aromatic rings. The summed E-state index contributed by atoms with van der Waals surface area (Å²) in [5, 5.41) is 12.9. The lowest BCUT2D eigenvalue weighted by molar-refractivity contribution is -0.384. The second-order valence-corrected chi connectivity index (χ2v) is 8.53. The maximum absolute atomic E-state index is 14.2. The van der Waals surface area contributed by atoms with Gasteiger partial charge in [-0.15, -0.1) is 0 Å². The van der Waals surface area contributed by atoms with E-state index in [4.69, 9.17) is 0 Å². The van der Waals surface area contributed by atoms with Crippen LogP contribution in [0.25, 0.3) is 21.8 Å². The molecule has 4 rings (SSSR count). The predicted molar refractivity (Wildman–Crippen MR) is 129 cm³/mol. The van der Waals surface area contributed by atoms with E-state index in [9.17, 15) is 19.3 Å². The van der Waals surface area contributed by atoms with Crippen molar-refractivity contribution in [1.29, 1.82) is 0 Å². The number of hydrogen-bond acceptors (Lipinski definition) is 3. The SMILES string of the molecule is CCCCC(CC)Cn1c2ccc(C(=O)c3ccccc3F)cc2c2cc([N+](=O)[O-])ccc21. The van der Waals surface area contributed by atoms with Crippen molar-refractivity contribution in [2.24, 2.45) is 5.92 Å². The summed E-state index contributed by atoms with van der Waals surface area (Å²) in [4.78, 5) is 24.0. The molecule has 6 heteroatoms. The van der Waals surface area contributed by atoms with Crippen molar-refractivity contribution in [1.82, 2.24) is 4.57 Å². The normalized spacial score (nSPS) is 12.3. The highest BCUT2D eigenvalue weighted by Crippen LogP contribution is 2.34. The molecule has 0 bridgehead atoms. The summed E-state index contributed by atoms with van der Waals surface area (Å²) in [6, 6.07) is 16.1. The van der Waals surface area contributed by atoms with Crippen molar-refractivity contribution < 1.29 is 14.1 Å². The molecule has 1 unspecified atom stereocenters. The highest BCUT2D eigenvalue weighted by atomic mass is 19.1. The van der Waals surface area contributed by atoms with Crippen LogP contribution in [-0.2, 0) is 6.54 Å². The van der Waals surface area contributed by atoms with Crippen LogP contribution in [0.1, 0.15) is 55.5 Å². The highest BCUT2D eigenvalue weighted by Gasteiger charge is 2.20. The molecule has 0 saturated heterocycles. The Bertz CT molecular complexity index is 1340. The number of unbranched alkanes of at least 4 members (excludes halogenated alkanes) is 1. The molecular formula is C27H27FN2O3. The third kappa shape index (κ3) is 4.38. The zero-order valence-corrected chi connectivity index (χ0v) is 18.9. The van der Waals surface area contributed by atoms with E-state index in [0.717, 1.165) is 54.0 Å². The van der Waals surface area contributed by atoms with Crippen molar-refractivity contribution in [2.45, 2.75) is 46.1 Å². The zero-order valence-electron chi connectivity index (χ0n) is 18.9. The number of hydrogen-bond donors (Lipinski definition) is 0. The lowest BCUT2D eigenvalue weighted by Gasteiger charge is -2.17. The van der Waals surface area contributed by atoms with Gasteiger partial charge in [-0.3, -0.25) is 14.9 Å². The standard InChI is InChI=1S/C27H27FN2O3/c1-3-5-8-18(4-2)17-29-25-13-11-19(27(31)21-9-6-7-10-24(21)28)15-22(25)23-16-20(30(32)33)12-14-26(23)29/h6-7,9-16,18H,3-5,8,17H2,1-2H3. The number of nitrogens with zero attached hydrogens (tertiary/aromatic N) is 2. The topological polar surface area (TPSA) is 65.1 Å². The number of ketones is 1. The Hall–Kier alpha value is -3.54. The van der Waals surface area contributed by atoms with Crippen LogP contribution in [0.5, 0.6) is 0 Å². The number of carbonyl (C=O) groups excluding carboxylic acids is 1. The quantitative estimate of drug-likeness (QED) is 0.154. The molecule has 0 amide bonds. The van der Waals surface area contributed by atoms with Crippen LogP contribution in [0, 0.1) is 21.8 Å². The molecule has 1 heterocycles. The molecule has 33 heavy (non-hydrogen) atoms. The molecule has 0 saturated carbocycles. The van der Waals surface area contributed by atoms with Crippen molar-refractivity contribution in [3.05, 3.63) is 87.7 Å². The molecule has 1 atom stereocenters. The number of nitro benzene ring substituents is 1. The number of halogens is 1. The molecular weight excluding hydrogens is 419 g/mol. The molecule has 5 nitrogen and oxygen atoms in total. The summed E-state index contributed by atoms with van der Waals surface area (Å²) in [6.07, 6.45) is 4.45. The van der Waals surface area contributed by atoms with Gasteiger partial charge in [-0.05, 0) is 48.7 Å². The van der Waals surface area contributed by atoms with E-state index in [2.05, 4.69) is 18.4 Å². The van der Waals surface area contributed by atoms with E-state index in [1.165, 1.54) is 18.2 Å². The second kappa shape index (κ2) is 9.53. The van der Waals surface area contributed by atoms with Crippen LogP contribution in [0.4, 0.5) is 10.1 Å². The van der Waals surface area contributed by atoms with Gasteiger partial charge < -0.3 is 4.57 Å². The number of rotatable bonds is 9. The lowest BCUT2D eigenvalue weighted by Crippen LogP contribution is -2.10. The number of non-ortho nitro benzene ring substituents is 1. The molecule has 3 aromatic carbocycles. The van der Waals surface area contributed by atoms with Gasteiger partial charge in [-0.1, -0.05) is 45.2 Å². The fraction of sp³-hybridized carbons (Fsp3) is 0.296. The van der Waals surface area contributed by atoms with Gasteiger partial charge in [0.05, 0.1) is 10.5 Å². The molecule has 0 N–H and O–H groups in total. The van der Waals surface area contributed by atoms with Crippen molar-refractivity contribution >= 4 is 33.3 Å². The maximum Gasteiger partial charge on any atom is 0.270 e. The molecule has 0 aliphatic heterocycles. The van der Waals surface area contributed by atoms with Crippen molar-refractivity contribution in [3.8, 4) is 0 Å². The monoisotopic (exact) mass is 446 g/mol. The van der Waals surface area contributed by atoms with E-state index < -0.39 is 16.5 Å². The van der Waals surface area contributed by atoms with Gasteiger partial charge in [0.15, 0.2) is 5.78 Å². The average Bonchev–Trinajstić information content (AvgIpc) is 3.13. The van der Waals surface area contributed by atoms with Crippen LogP contribution in [-0.4, -0.2) is 15.3 Å². The Morgan fingerprint density at radius 3 is 2.39 bits per heavy atom. The molecule has 170 valence electrons. The molecule has 0 radical (unpaired) electrons. The minimum Gasteiger partial charge on any atom is -0.340 e. The summed E-state index contributed by atoms with van der Waals surface area (Å²) in [5.41, 5.74) is 2.20. The predicted octanol–water partition coefficient (Wildman–Crippen LogP) is 7.29. The van der Waals surface area contributed by atoms with Crippen LogP contribution in [0.3, 0.4) is 0 Å². The van der Waals surface area contributed by atoms with Crippen LogP contribution < -0.4 is 0 Å². The first kappa shape index (κ1) is 22.6. The Labute approximate surface area is 192 Å². The third-order valence-corrected chi connectivity index (χ3v) is 6.42. The molecule has 0 fully saturated rings. The zero-order chi connectivity index (χ0) is 23.5. The van der Waals surface area contributed by atoms with Crippen molar-refractivity contribution in [2.75, 3.05) is 0 Å². The summed E-state index contributed by atoms with van der Waals surface area (Å²) in [7, 11) is 0. The van der Waals surface area contributed by atoms with Gasteiger partial charge in [0.1, 0.15) is 5.82 Å². The summed E-state index contributed by atoms with van der Waals surface area (Å²) >= 11 is 0. The van der Waals surface area contributed by atoms with E-state index in [-0.39, 0.29) is 11.3 Å². The van der Waals surface area contributed by atoms with Gasteiger partial charge in [-0.25, -0.2) is 4.39 Å². The van der Waals surface area contributed by atoms with Crippen molar-refractivity contribution in [3.63, 3.8) is 0 Å². The van der Waals surface area contributed by atoms with Crippen LogP contribution in [0.2, 0.25) is 0 Å². The summed E-state index contributed by atoms with van der Waals surface area (Å²) in [5.74, 6) is -0.489. The molecule has 1 aromatic heterocycles. The molecule has 0 spiro atoms. The fourth-order valence-corrected chi connectivity index (χ4v) is 4.52. The summed E-state index contributed by atoms with van der Waals surface area (Å²) in [6.45, 7) is 5.17. The Kier molecular flexibility index (Phi) is 6.54. The van der Waals surface area contributed by atoms with Crippen LogP contribution >= 0.6 is 0 Å². The molecule has 0 aliphatic rings. The Balaban J connectivity index is 1.88. The summed E-state index contributed by atoms with van der Waals surface area (Å²) < 4.78 is 16.4. The average molecular weight is 447 g/mol. The van der Waals surface area contributed by atoms with Crippen LogP contribution in [0.15, 0.2) is 60.7 Å². The fourth-order valence-electron chi connectivity index (χ4n) is 4.52. The smallest absolute Gasteiger partial charge is 0.270 e. The van der Waals surface area contributed by atoms with E-state index in [0.29, 0.717) is 11.5 Å². The third-order valence-electron chi connectivity index (χ3n) is 6.42.